The lowest BCUT2D eigenvalue weighted by atomic mass is 10.0. The number of carboxylic acids is 1. The zero-order valence-corrected chi connectivity index (χ0v) is 52.6. The molecule has 0 saturated carbocycles. The molecule has 0 radical (unpaired) electrons. The number of aromatic nitrogens is 2. The quantitative estimate of drug-likeness (QED) is 0.0167. The second-order valence-electron chi connectivity index (χ2n) is 23.2. The summed E-state index contributed by atoms with van der Waals surface area (Å²) < 4.78 is 0. The Morgan fingerprint density at radius 2 is 1.15 bits per heavy atom. The molecule has 0 spiro atoms. The first-order valence-electron chi connectivity index (χ1n) is 30.4. The molecule has 1 aliphatic heterocycles. The highest BCUT2D eigenvalue weighted by Gasteiger charge is 2.38. The zero-order valence-electron chi connectivity index (χ0n) is 52.6. The number of carboxylic acid groups (broad SMARTS) is 1. The van der Waals surface area contributed by atoms with Crippen LogP contribution in [0.1, 0.15) is 110 Å². The fourth-order valence-electron chi connectivity index (χ4n) is 9.59. The van der Waals surface area contributed by atoms with Crippen molar-refractivity contribution in [3.63, 3.8) is 0 Å². The molecule has 34 heteroatoms. The van der Waals surface area contributed by atoms with E-state index in [0.717, 1.165) is 0 Å². The maximum atomic E-state index is 14.2. The van der Waals surface area contributed by atoms with Crippen LogP contribution in [0.2, 0.25) is 0 Å². The van der Waals surface area contributed by atoms with E-state index < -0.39 is 163 Å². The van der Waals surface area contributed by atoms with Gasteiger partial charge in [-0.05, 0) is 88.7 Å². The standard InChI is InChI=1S/C58H93N19O15/c1-31(2)21-38(52(86)74-40(23-34-13-7-6-8-14-34)49(83)66-27-45(80)70-36(16-11-19-65-58(62)63)51(85)72-37(57(91)92)15-9-10-18-59)71-46(81)28-67-50(84)41(24-35-26-64-30-69-35)75-53(87)39(22-32(3)4)73-54(88)42(25-44(60)79)76-55(89)43-17-12-20-77(43)47(82)29-68-56(90)48(61)33(5)78/h6-8,13-14,26,30-33,36-43,48,78H,9-12,15-25,27-29,59,61H2,1-5H3,(H2,60,79)(H,64,69)(H,66,83)(H,67,84)(H,68,90)(H,70,80)(H,71,81)(H,72,85)(H,73,88)(H,74,86)(H,75,87)(H,76,89)(H,91,92)(H4,62,63,65)/t33-,36+,37+,38+,39+,40+,41+,42+,43+,48+/m1/s1. The largest absolute Gasteiger partial charge is 0.480 e. The molecule has 12 amide bonds. The van der Waals surface area contributed by atoms with Crippen molar-refractivity contribution in [1.29, 1.82) is 0 Å². The SMILES string of the molecule is CC(C)C[C@H](NC(=O)CNC(=O)[C@H](Cc1cnc[nH]1)NC(=O)[C@H](CC(C)C)NC(=O)[C@H](CC(N)=O)NC(=O)[C@@H]1CCCN1C(=O)CNC(=O)[C@@H](N)[C@@H](C)O)C(=O)N[C@@H](Cc1ccccc1)C(=O)NCC(=O)N[C@@H](CCCN=C(N)N)C(=O)N[C@@H](CCCCN)C(=O)O. The maximum absolute atomic E-state index is 14.2. The lowest BCUT2D eigenvalue weighted by Crippen LogP contribution is -2.59. The van der Waals surface area contributed by atoms with Crippen LogP contribution in [0.4, 0.5) is 0 Å². The molecule has 0 unspecified atom stereocenters. The Morgan fingerprint density at radius 1 is 0.630 bits per heavy atom. The van der Waals surface area contributed by atoms with Gasteiger partial charge in [-0.2, -0.15) is 0 Å². The number of rotatable bonds is 41. The smallest absolute Gasteiger partial charge is 0.326 e. The van der Waals surface area contributed by atoms with Crippen LogP contribution in [-0.2, 0) is 75.2 Å². The molecule has 510 valence electrons. The second kappa shape index (κ2) is 39.7. The molecule has 2 aromatic rings. The summed E-state index contributed by atoms with van der Waals surface area (Å²) in [5, 5.41) is 44.5. The van der Waals surface area contributed by atoms with Crippen molar-refractivity contribution in [2.24, 2.45) is 45.5 Å². The van der Waals surface area contributed by atoms with E-state index in [0.29, 0.717) is 37.1 Å². The van der Waals surface area contributed by atoms with Crippen LogP contribution < -0.4 is 81.8 Å². The Morgan fingerprint density at radius 3 is 1.68 bits per heavy atom. The summed E-state index contributed by atoms with van der Waals surface area (Å²) >= 11 is 0. The minimum atomic E-state index is -1.65. The molecule has 1 saturated heterocycles. The molecule has 1 fully saturated rings. The number of hydrogen-bond acceptors (Lipinski definition) is 18. The highest BCUT2D eigenvalue weighted by atomic mass is 16.4. The molecule has 34 nitrogen and oxygen atoms in total. The van der Waals surface area contributed by atoms with Crippen molar-refractivity contribution in [3.8, 4) is 0 Å². The maximum Gasteiger partial charge on any atom is 0.326 e. The lowest BCUT2D eigenvalue weighted by molar-refractivity contribution is -0.142. The Kier molecular flexibility index (Phi) is 33.2. The van der Waals surface area contributed by atoms with E-state index in [-0.39, 0.29) is 82.3 Å². The number of amides is 12. The van der Waals surface area contributed by atoms with E-state index in [2.05, 4.69) is 68.1 Å². The van der Waals surface area contributed by atoms with Gasteiger partial charge in [-0.1, -0.05) is 58.0 Å². The van der Waals surface area contributed by atoms with E-state index in [1.54, 1.807) is 58.0 Å². The first-order valence-corrected chi connectivity index (χ1v) is 30.4. The number of imidazole rings is 1. The van der Waals surface area contributed by atoms with Gasteiger partial charge in [0.2, 0.25) is 70.9 Å². The number of nitrogens with zero attached hydrogens (tertiary/aromatic N) is 3. The van der Waals surface area contributed by atoms with Crippen LogP contribution in [0.3, 0.4) is 0 Å². The monoisotopic (exact) mass is 1300 g/mol. The number of H-pyrrole nitrogens is 1. The molecule has 10 atom stereocenters. The third-order valence-electron chi connectivity index (χ3n) is 14.4. The molecule has 23 N–H and O–H groups in total. The van der Waals surface area contributed by atoms with Gasteiger partial charge < -0.3 is 102 Å². The van der Waals surface area contributed by atoms with Gasteiger partial charge >= 0.3 is 5.97 Å². The number of aliphatic carboxylic acids is 1. The number of likely N-dealkylation sites (tertiary alicyclic amines) is 1. The number of unbranched alkanes of at least 4 members (excludes halogenated alkanes) is 1. The van der Waals surface area contributed by atoms with Crippen molar-refractivity contribution in [2.45, 2.75) is 172 Å². The summed E-state index contributed by atoms with van der Waals surface area (Å²) in [6, 6.07) is -3.67. The fraction of sp³-hybridized carbons (Fsp3) is 0.603. The van der Waals surface area contributed by atoms with E-state index in [4.69, 9.17) is 28.7 Å². The average Bonchev–Trinajstić information content (AvgIpc) is 2.18. The second-order valence-corrected chi connectivity index (χ2v) is 23.2. The van der Waals surface area contributed by atoms with Crippen LogP contribution in [0.15, 0.2) is 47.8 Å². The van der Waals surface area contributed by atoms with Crippen molar-refractivity contribution >= 4 is 82.8 Å². The number of aliphatic imine (C=N–C) groups is 1. The summed E-state index contributed by atoms with van der Waals surface area (Å²) in [5.41, 5.74) is 28.5. The number of carbonyl (C=O) groups excluding carboxylic acids is 12. The van der Waals surface area contributed by atoms with Gasteiger partial charge in [0, 0.05) is 37.8 Å². The molecular weight excluding hydrogens is 1200 g/mol. The van der Waals surface area contributed by atoms with E-state index in [1.165, 1.54) is 24.3 Å². The van der Waals surface area contributed by atoms with E-state index in [9.17, 15) is 72.5 Å². The highest BCUT2D eigenvalue weighted by molar-refractivity contribution is 5.99. The Balaban J connectivity index is 1.77. The van der Waals surface area contributed by atoms with Gasteiger partial charge in [-0.3, -0.25) is 62.5 Å². The van der Waals surface area contributed by atoms with Crippen LogP contribution in [0.25, 0.3) is 0 Å². The van der Waals surface area contributed by atoms with Gasteiger partial charge in [0.15, 0.2) is 5.96 Å². The van der Waals surface area contributed by atoms with Gasteiger partial charge in [-0.25, -0.2) is 9.78 Å². The number of primary amides is 1. The number of hydrogen-bond donors (Lipinski definition) is 18. The van der Waals surface area contributed by atoms with Gasteiger partial charge in [0.25, 0.3) is 0 Å². The number of nitrogens with two attached hydrogens (primary N) is 5. The summed E-state index contributed by atoms with van der Waals surface area (Å²) in [6.07, 6.45) is 2.10. The van der Waals surface area contributed by atoms with Gasteiger partial charge in [0.05, 0.1) is 38.5 Å². The van der Waals surface area contributed by atoms with E-state index in [1.807, 2.05) is 0 Å². The Labute approximate surface area is 532 Å². The first-order chi connectivity index (χ1) is 43.5. The van der Waals surface area contributed by atoms with E-state index >= 15 is 0 Å². The average molecular weight is 1300 g/mol. The van der Waals surface area contributed by atoms with Crippen LogP contribution in [0.5, 0.6) is 0 Å². The number of aromatic amines is 1. The summed E-state index contributed by atoms with van der Waals surface area (Å²) in [4.78, 5) is 186. The topological polar surface area (TPSA) is 557 Å². The predicted octanol–water partition coefficient (Wildman–Crippen LogP) is -6.13. The molecule has 2 heterocycles. The summed E-state index contributed by atoms with van der Waals surface area (Å²) in [5.74, 6) is -12.3. The van der Waals surface area contributed by atoms with Crippen molar-refractivity contribution in [3.05, 3.63) is 54.1 Å². The molecule has 0 bridgehead atoms. The minimum Gasteiger partial charge on any atom is -0.480 e. The molecule has 3 rings (SSSR count). The highest BCUT2D eigenvalue weighted by Crippen LogP contribution is 2.19. The third kappa shape index (κ3) is 28.2. The predicted molar refractivity (Wildman–Crippen MR) is 333 cm³/mol. The molecule has 0 aliphatic carbocycles. The molecule has 1 aromatic carbocycles. The Hall–Kier alpha value is -9.31. The van der Waals surface area contributed by atoms with Crippen molar-refractivity contribution in [1.82, 2.24) is 68.0 Å². The van der Waals surface area contributed by atoms with Gasteiger partial charge in [-0.15, -0.1) is 0 Å². The zero-order chi connectivity index (χ0) is 68.6. The number of guanidine groups is 1. The Bertz CT molecular complexity index is 2840. The summed E-state index contributed by atoms with van der Waals surface area (Å²) in [6.45, 7) is 6.79. The molecule has 1 aromatic heterocycles. The van der Waals surface area contributed by atoms with Gasteiger partial charge in [0.1, 0.15) is 54.4 Å². The number of carbonyl (C=O) groups is 13. The number of benzene rings is 1. The minimum absolute atomic E-state index is 0.0293. The fourth-order valence-corrected chi connectivity index (χ4v) is 9.59. The molecular formula is C58H93N19O15. The summed E-state index contributed by atoms with van der Waals surface area (Å²) in [7, 11) is 0. The number of aliphatic hydroxyl groups excluding tert-OH is 1. The number of nitrogens with one attached hydrogen (secondary N) is 11. The van der Waals surface area contributed by atoms with Crippen molar-refractivity contribution < 1.29 is 72.5 Å². The molecule has 92 heavy (non-hydrogen) atoms. The van der Waals surface area contributed by atoms with Crippen LogP contribution in [0, 0.1) is 11.8 Å². The normalized spacial score (nSPS) is 15.7. The van der Waals surface area contributed by atoms with Crippen LogP contribution in [-0.4, -0.2) is 208 Å². The number of aliphatic hydroxyl groups is 1. The van der Waals surface area contributed by atoms with Crippen molar-refractivity contribution in [2.75, 3.05) is 39.3 Å². The lowest BCUT2D eigenvalue weighted by Gasteiger charge is -2.28. The first kappa shape index (κ1) is 76.9. The molecule has 1 aliphatic rings. The van der Waals surface area contributed by atoms with Crippen LogP contribution >= 0.6 is 0 Å². The third-order valence-corrected chi connectivity index (χ3v) is 14.4.